The van der Waals surface area contributed by atoms with Gasteiger partial charge in [0.2, 0.25) is 0 Å². The highest BCUT2D eigenvalue weighted by atomic mass is 32.2. The lowest BCUT2D eigenvalue weighted by Gasteiger charge is -2.08. The Hall–Kier alpha value is -2.51. The van der Waals surface area contributed by atoms with Crippen LogP contribution in [0.2, 0.25) is 0 Å². The van der Waals surface area contributed by atoms with Crippen molar-refractivity contribution in [1.29, 1.82) is 5.26 Å². The van der Waals surface area contributed by atoms with Crippen LogP contribution in [0.3, 0.4) is 0 Å². The van der Waals surface area contributed by atoms with Gasteiger partial charge < -0.3 is 5.32 Å². The molecule has 0 aliphatic carbocycles. The Morgan fingerprint density at radius 2 is 2.17 bits per heavy atom. The average Bonchev–Trinajstić information content (AvgIpc) is 2.39. The van der Waals surface area contributed by atoms with Crippen molar-refractivity contribution in [2.75, 3.05) is 11.6 Å². The van der Waals surface area contributed by atoms with Gasteiger partial charge in [-0.25, -0.2) is 10.1 Å². The van der Waals surface area contributed by atoms with Crippen LogP contribution in [0.25, 0.3) is 4.85 Å². The van der Waals surface area contributed by atoms with E-state index >= 15 is 0 Å². The van der Waals surface area contributed by atoms with Crippen LogP contribution < -0.4 is 5.32 Å². The average molecular weight is 260 g/mol. The van der Waals surface area contributed by atoms with Gasteiger partial charge in [0, 0.05) is 17.8 Å². The molecular weight excluding hydrogens is 252 g/mol. The van der Waals surface area contributed by atoms with E-state index in [1.54, 1.807) is 12.3 Å². The molecule has 0 aliphatic heterocycles. The molecule has 0 aromatic heterocycles. The molecule has 0 saturated carbocycles. The number of nitriles is 1. The molecule has 0 fully saturated rings. The van der Waals surface area contributed by atoms with Crippen molar-refractivity contribution in [2.24, 2.45) is 0 Å². The van der Waals surface area contributed by atoms with Crippen molar-refractivity contribution in [2.45, 2.75) is 0 Å². The van der Waals surface area contributed by atoms with Gasteiger partial charge in [0.05, 0.1) is 22.6 Å². The van der Waals surface area contributed by atoms with E-state index in [4.69, 9.17) is 11.8 Å². The van der Waals surface area contributed by atoms with Gasteiger partial charge in [-0.3, -0.25) is 10.1 Å². The molecule has 0 unspecified atom stereocenters. The zero-order valence-corrected chi connectivity index (χ0v) is 10.2. The van der Waals surface area contributed by atoms with E-state index in [0.29, 0.717) is 10.7 Å². The van der Waals surface area contributed by atoms with Crippen LogP contribution in [0.1, 0.15) is 0 Å². The summed E-state index contributed by atoms with van der Waals surface area (Å²) in [6, 6.07) is 7.53. The van der Waals surface area contributed by atoms with E-state index in [-0.39, 0.29) is 11.4 Å². The topological polar surface area (TPSA) is 83.3 Å². The predicted octanol–water partition coefficient (Wildman–Crippen LogP) is 2.98. The van der Waals surface area contributed by atoms with Crippen molar-refractivity contribution in [3.63, 3.8) is 0 Å². The zero-order valence-electron chi connectivity index (χ0n) is 9.38. The van der Waals surface area contributed by atoms with Crippen molar-refractivity contribution in [3.8, 4) is 6.07 Å². The smallest absolute Gasteiger partial charge is 0.290 e. The van der Waals surface area contributed by atoms with E-state index in [1.807, 2.05) is 0 Å². The fourth-order valence-electron chi connectivity index (χ4n) is 1.13. The molecule has 6 nitrogen and oxygen atoms in total. The molecule has 0 amide bonds. The van der Waals surface area contributed by atoms with Gasteiger partial charge in [-0.15, -0.1) is 11.8 Å². The summed E-state index contributed by atoms with van der Waals surface area (Å²) < 4.78 is 0. The van der Waals surface area contributed by atoms with Crippen molar-refractivity contribution in [1.82, 2.24) is 0 Å². The molecule has 1 rings (SSSR count). The number of nitrogens with one attached hydrogen (secondary N) is 1. The maximum absolute atomic E-state index is 10.5. The maximum atomic E-state index is 10.5. The molecule has 1 aromatic carbocycles. The van der Waals surface area contributed by atoms with E-state index in [9.17, 15) is 10.1 Å². The Morgan fingerprint density at radius 1 is 1.56 bits per heavy atom. The lowest BCUT2D eigenvalue weighted by molar-refractivity contribution is -0.384. The van der Waals surface area contributed by atoms with Gasteiger partial charge in [-0.1, -0.05) is 0 Å². The molecule has 0 radical (unpaired) electrons. The highest BCUT2D eigenvalue weighted by molar-refractivity contribution is 8.02. The molecule has 0 spiro atoms. The van der Waals surface area contributed by atoms with Crippen LogP contribution in [0.5, 0.6) is 0 Å². The van der Waals surface area contributed by atoms with E-state index in [1.165, 1.54) is 36.0 Å². The highest BCUT2D eigenvalue weighted by Crippen LogP contribution is 2.22. The Morgan fingerprint density at radius 3 is 2.56 bits per heavy atom. The first-order valence-electron chi connectivity index (χ1n) is 4.69. The monoisotopic (exact) mass is 260 g/mol. The quantitative estimate of drug-likeness (QED) is 0.389. The van der Waals surface area contributed by atoms with Crippen LogP contribution >= 0.6 is 11.8 Å². The number of allylic oxidation sites excluding steroid dienone is 1. The van der Waals surface area contributed by atoms with Crippen LogP contribution in [0.15, 0.2) is 35.0 Å². The van der Waals surface area contributed by atoms with Gasteiger partial charge in [0.1, 0.15) is 0 Å². The van der Waals surface area contributed by atoms with Gasteiger partial charge in [-0.05, 0) is 18.4 Å². The summed E-state index contributed by atoms with van der Waals surface area (Å²) in [5.74, 6) is 0. The first-order valence-corrected chi connectivity index (χ1v) is 5.92. The van der Waals surface area contributed by atoms with Gasteiger partial charge >= 0.3 is 0 Å². The molecule has 7 heteroatoms. The van der Waals surface area contributed by atoms with Crippen LogP contribution in [0, 0.1) is 28.0 Å². The third-order valence-electron chi connectivity index (χ3n) is 1.97. The second kappa shape index (κ2) is 6.28. The molecule has 1 N–H and O–H groups in total. The molecule has 1 aromatic rings. The van der Waals surface area contributed by atoms with Gasteiger partial charge in [0.25, 0.3) is 11.4 Å². The van der Waals surface area contributed by atoms with Gasteiger partial charge in [-0.2, -0.15) is 0 Å². The Kier molecular flexibility index (Phi) is 4.73. The van der Waals surface area contributed by atoms with E-state index < -0.39 is 4.92 Å². The maximum Gasteiger partial charge on any atom is 0.290 e. The highest BCUT2D eigenvalue weighted by Gasteiger charge is 2.08. The van der Waals surface area contributed by atoms with Crippen LogP contribution in [-0.4, -0.2) is 11.2 Å². The number of nitro groups is 1. The number of nitro benzene ring substituents is 1. The summed E-state index contributed by atoms with van der Waals surface area (Å²) in [7, 11) is 0. The van der Waals surface area contributed by atoms with Crippen LogP contribution in [-0.2, 0) is 0 Å². The summed E-state index contributed by atoms with van der Waals surface area (Å²) in [6.45, 7) is 6.85. The standard InChI is InChI=1S/C11H8N4O2S/c1-13-10(7-12)11(18-2)14-8-3-5-9(6-4-8)15(16)17/h3-6,14H,2H3/b11-10+. The normalized spacial score (nSPS) is 10.8. The molecule has 90 valence electrons. The molecule has 0 heterocycles. The van der Waals surface area contributed by atoms with Gasteiger partial charge in [0.15, 0.2) is 0 Å². The molecular formula is C11H8N4O2S. The number of rotatable bonds is 4. The summed E-state index contributed by atoms with van der Waals surface area (Å²) in [5, 5.41) is 22.5. The molecule has 0 atom stereocenters. The fourth-order valence-corrected chi connectivity index (χ4v) is 1.64. The first-order chi connectivity index (χ1) is 8.62. The number of anilines is 1. The summed E-state index contributed by atoms with van der Waals surface area (Å²) in [4.78, 5) is 13.1. The Balaban J connectivity index is 2.98. The number of benzene rings is 1. The second-order valence-corrected chi connectivity index (χ2v) is 3.85. The summed E-state index contributed by atoms with van der Waals surface area (Å²) >= 11 is 1.23. The number of thioether (sulfide) groups is 1. The Labute approximate surface area is 108 Å². The number of hydrogen-bond acceptors (Lipinski definition) is 5. The third kappa shape index (κ3) is 3.24. The minimum absolute atomic E-state index is 0.0130. The number of nitrogens with zero attached hydrogens (tertiary/aromatic N) is 3. The first kappa shape index (κ1) is 13.6. The summed E-state index contributed by atoms with van der Waals surface area (Å²) in [5.41, 5.74) is 0.531. The molecule has 0 aliphatic rings. The zero-order chi connectivity index (χ0) is 13.5. The largest absolute Gasteiger partial charge is 0.358 e. The lowest BCUT2D eigenvalue weighted by Crippen LogP contribution is -1.98. The number of non-ortho nitro benzene ring substituents is 1. The predicted molar refractivity (Wildman–Crippen MR) is 69.5 cm³/mol. The number of hydrogen-bond donors (Lipinski definition) is 1. The molecule has 0 bridgehead atoms. The summed E-state index contributed by atoms with van der Waals surface area (Å²) in [6.07, 6.45) is 1.73. The van der Waals surface area contributed by atoms with E-state index in [2.05, 4.69) is 10.2 Å². The SMILES string of the molecule is [C-]#[N+]/C(C#N)=C(\Nc1ccc([N+](=O)[O-])cc1)SC. The van der Waals surface area contributed by atoms with Crippen molar-refractivity contribution < 1.29 is 4.92 Å². The third-order valence-corrected chi connectivity index (χ3v) is 2.68. The molecule has 18 heavy (non-hydrogen) atoms. The fraction of sp³-hybridized carbons (Fsp3) is 0.0909. The second-order valence-electron chi connectivity index (χ2n) is 3.03. The lowest BCUT2D eigenvalue weighted by atomic mass is 10.3. The van der Waals surface area contributed by atoms with E-state index in [0.717, 1.165) is 0 Å². The minimum Gasteiger partial charge on any atom is -0.358 e. The van der Waals surface area contributed by atoms with Crippen molar-refractivity contribution >= 4 is 23.1 Å². The minimum atomic E-state index is -0.491. The molecule has 0 saturated heterocycles. The Bertz CT molecular complexity index is 550. The van der Waals surface area contributed by atoms with Crippen LogP contribution in [0.4, 0.5) is 11.4 Å². The van der Waals surface area contributed by atoms with Crippen molar-refractivity contribution in [3.05, 3.63) is 56.5 Å².